The van der Waals surface area contributed by atoms with Crippen LogP contribution in [0.3, 0.4) is 0 Å². The lowest BCUT2D eigenvalue weighted by atomic mass is 10.1. The molecule has 2 aromatic carbocycles. The van der Waals surface area contributed by atoms with Crippen molar-refractivity contribution < 1.29 is 4.79 Å². The zero-order valence-electron chi connectivity index (χ0n) is 13.6. The maximum absolute atomic E-state index is 12.8. The number of nitrogens with zero attached hydrogens (tertiary/aromatic N) is 2. The van der Waals surface area contributed by atoms with Crippen LogP contribution in [0.15, 0.2) is 48.5 Å². The van der Waals surface area contributed by atoms with Crippen molar-refractivity contribution in [1.29, 1.82) is 0 Å². The van der Waals surface area contributed by atoms with E-state index >= 15 is 0 Å². The van der Waals surface area contributed by atoms with Crippen molar-refractivity contribution in [2.45, 2.75) is 19.5 Å². The fourth-order valence-electron chi connectivity index (χ4n) is 3.14. The Bertz CT molecular complexity index is 721. The van der Waals surface area contributed by atoms with Gasteiger partial charge in [0.05, 0.1) is 15.6 Å². The third kappa shape index (κ3) is 3.75. The topological polar surface area (TPSA) is 23.6 Å². The molecule has 5 heteroatoms. The van der Waals surface area contributed by atoms with Gasteiger partial charge in [-0.3, -0.25) is 9.69 Å². The first-order valence-corrected chi connectivity index (χ1v) is 8.83. The van der Waals surface area contributed by atoms with E-state index in [1.165, 1.54) is 5.56 Å². The molecule has 1 heterocycles. The van der Waals surface area contributed by atoms with Gasteiger partial charge in [0.1, 0.15) is 0 Å². The molecule has 3 nitrogen and oxygen atoms in total. The lowest BCUT2D eigenvalue weighted by Crippen LogP contribution is -2.53. The molecule has 1 atom stereocenters. The second kappa shape index (κ2) is 7.56. The van der Waals surface area contributed by atoms with Gasteiger partial charge < -0.3 is 4.90 Å². The summed E-state index contributed by atoms with van der Waals surface area (Å²) in [6, 6.07) is 15.7. The van der Waals surface area contributed by atoms with E-state index in [0.717, 1.165) is 19.6 Å². The molecule has 0 unspecified atom stereocenters. The number of carbonyl (C=O) groups excluding carboxylic acids is 1. The largest absolute Gasteiger partial charge is 0.333 e. The molecule has 1 amide bonds. The Morgan fingerprint density at radius 1 is 1.08 bits per heavy atom. The summed E-state index contributed by atoms with van der Waals surface area (Å²) >= 11 is 12.2. The van der Waals surface area contributed by atoms with Crippen LogP contribution in [0.4, 0.5) is 0 Å². The van der Waals surface area contributed by atoms with Gasteiger partial charge in [-0.15, -0.1) is 0 Å². The first kappa shape index (κ1) is 17.3. The Morgan fingerprint density at radius 3 is 2.54 bits per heavy atom. The second-order valence-electron chi connectivity index (χ2n) is 6.17. The minimum atomic E-state index is -0.0469. The lowest BCUT2D eigenvalue weighted by molar-refractivity contribution is 0.0475. The highest BCUT2D eigenvalue weighted by Crippen LogP contribution is 2.27. The summed E-state index contributed by atoms with van der Waals surface area (Å²) in [5, 5.41) is 0.751. The van der Waals surface area contributed by atoms with E-state index in [2.05, 4.69) is 36.1 Å². The monoisotopic (exact) mass is 362 g/mol. The van der Waals surface area contributed by atoms with Crippen LogP contribution >= 0.6 is 23.2 Å². The standard InChI is InChI=1S/C19H20Cl2N2O/c1-14-12-22(13-15-6-3-2-4-7-15)10-11-23(14)19(24)16-8-5-9-17(20)18(16)21/h2-9,14H,10-13H2,1H3/t14-/m1/s1. The normalized spacial score (nSPS) is 18.6. The number of amides is 1. The highest BCUT2D eigenvalue weighted by atomic mass is 35.5. The number of benzene rings is 2. The summed E-state index contributed by atoms with van der Waals surface area (Å²) < 4.78 is 0. The summed E-state index contributed by atoms with van der Waals surface area (Å²) in [5.41, 5.74) is 1.77. The van der Waals surface area contributed by atoms with Crippen molar-refractivity contribution in [2.75, 3.05) is 19.6 Å². The maximum atomic E-state index is 12.8. The van der Waals surface area contributed by atoms with Gasteiger partial charge in [-0.25, -0.2) is 0 Å². The molecule has 0 N–H and O–H groups in total. The Balaban J connectivity index is 1.67. The van der Waals surface area contributed by atoms with E-state index in [-0.39, 0.29) is 11.9 Å². The number of halogens is 2. The first-order chi connectivity index (χ1) is 11.6. The predicted octanol–water partition coefficient (Wildman–Crippen LogP) is 4.34. The fraction of sp³-hybridized carbons (Fsp3) is 0.316. The molecule has 1 aliphatic rings. The van der Waals surface area contributed by atoms with Crippen LogP contribution in [0.1, 0.15) is 22.8 Å². The SMILES string of the molecule is C[C@@H]1CN(Cc2ccccc2)CCN1C(=O)c1cccc(Cl)c1Cl. The molecule has 24 heavy (non-hydrogen) atoms. The molecule has 1 fully saturated rings. The minimum Gasteiger partial charge on any atom is -0.333 e. The summed E-state index contributed by atoms with van der Waals surface area (Å²) in [6.45, 7) is 5.37. The lowest BCUT2D eigenvalue weighted by Gasteiger charge is -2.40. The Kier molecular flexibility index (Phi) is 5.44. The highest BCUT2D eigenvalue weighted by Gasteiger charge is 2.29. The number of hydrogen-bond acceptors (Lipinski definition) is 2. The van der Waals surface area contributed by atoms with Crippen LogP contribution in [-0.2, 0) is 6.54 Å². The average Bonchev–Trinajstić information content (AvgIpc) is 2.58. The van der Waals surface area contributed by atoms with Crippen LogP contribution in [0, 0.1) is 0 Å². The van der Waals surface area contributed by atoms with Crippen molar-refractivity contribution >= 4 is 29.1 Å². The van der Waals surface area contributed by atoms with E-state index in [4.69, 9.17) is 23.2 Å². The van der Waals surface area contributed by atoms with Crippen molar-refractivity contribution in [3.8, 4) is 0 Å². The Labute approximate surface area is 152 Å². The minimum absolute atomic E-state index is 0.0469. The van der Waals surface area contributed by atoms with Crippen molar-refractivity contribution in [2.24, 2.45) is 0 Å². The van der Waals surface area contributed by atoms with Crippen molar-refractivity contribution in [1.82, 2.24) is 9.80 Å². The molecule has 1 aliphatic heterocycles. The Morgan fingerprint density at radius 2 is 1.83 bits per heavy atom. The van der Waals surface area contributed by atoms with Gasteiger partial charge in [0.15, 0.2) is 0 Å². The maximum Gasteiger partial charge on any atom is 0.255 e. The number of rotatable bonds is 3. The summed E-state index contributed by atoms with van der Waals surface area (Å²) in [5.74, 6) is -0.0469. The molecular weight excluding hydrogens is 343 g/mol. The molecule has 126 valence electrons. The molecule has 0 bridgehead atoms. The van der Waals surface area contributed by atoms with E-state index in [1.807, 2.05) is 11.0 Å². The molecule has 0 saturated carbocycles. The Hall–Kier alpha value is -1.55. The smallest absolute Gasteiger partial charge is 0.255 e. The second-order valence-corrected chi connectivity index (χ2v) is 6.95. The van der Waals surface area contributed by atoms with Crippen LogP contribution < -0.4 is 0 Å². The van der Waals surface area contributed by atoms with Crippen molar-refractivity contribution in [3.63, 3.8) is 0 Å². The van der Waals surface area contributed by atoms with Crippen molar-refractivity contribution in [3.05, 3.63) is 69.7 Å². The van der Waals surface area contributed by atoms with E-state index in [0.29, 0.717) is 22.2 Å². The molecule has 0 spiro atoms. The molecule has 2 aromatic rings. The van der Waals surface area contributed by atoms with Crippen LogP contribution in [0.25, 0.3) is 0 Å². The molecule has 3 rings (SSSR count). The number of carbonyl (C=O) groups is 1. The molecular formula is C19H20Cl2N2O. The molecule has 0 radical (unpaired) electrons. The summed E-state index contributed by atoms with van der Waals surface area (Å²) in [7, 11) is 0. The number of piperazine rings is 1. The van der Waals surface area contributed by atoms with Gasteiger partial charge in [-0.05, 0) is 24.6 Å². The van der Waals surface area contributed by atoms with Gasteiger partial charge >= 0.3 is 0 Å². The van der Waals surface area contributed by atoms with E-state index < -0.39 is 0 Å². The van der Waals surface area contributed by atoms with Crippen LogP contribution in [0.2, 0.25) is 10.0 Å². The van der Waals surface area contributed by atoms with Gasteiger partial charge in [0.25, 0.3) is 5.91 Å². The molecule has 0 aliphatic carbocycles. The first-order valence-electron chi connectivity index (χ1n) is 8.07. The van der Waals surface area contributed by atoms with Gasteiger partial charge in [-0.2, -0.15) is 0 Å². The highest BCUT2D eigenvalue weighted by molar-refractivity contribution is 6.43. The fourth-order valence-corrected chi connectivity index (χ4v) is 3.53. The van der Waals surface area contributed by atoms with Gasteiger partial charge in [0, 0.05) is 32.2 Å². The van der Waals surface area contributed by atoms with E-state index in [1.54, 1.807) is 18.2 Å². The predicted molar refractivity (Wildman–Crippen MR) is 98.7 cm³/mol. The summed E-state index contributed by atoms with van der Waals surface area (Å²) in [6.07, 6.45) is 0. The summed E-state index contributed by atoms with van der Waals surface area (Å²) in [4.78, 5) is 17.1. The number of hydrogen-bond donors (Lipinski definition) is 0. The van der Waals surface area contributed by atoms with Gasteiger partial charge in [0.2, 0.25) is 0 Å². The molecule has 0 aromatic heterocycles. The quantitative estimate of drug-likeness (QED) is 0.810. The molecule has 1 saturated heterocycles. The van der Waals surface area contributed by atoms with Crippen LogP contribution in [0.5, 0.6) is 0 Å². The van der Waals surface area contributed by atoms with Crippen LogP contribution in [-0.4, -0.2) is 41.4 Å². The van der Waals surface area contributed by atoms with Gasteiger partial charge in [-0.1, -0.05) is 59.6 Å². The zero-order chi connectivity index (χ0) is 17.1. The third-order valence-electron chi connectivity index (χ3n) is 4.40. The third-order valence-corrected chi connectivity index (χ3v) is 5.22. The zero-order valence-corrected chi connectivity index (χ0v) is 15.1. The van der Waals surface area contributed by atoms with E-state index in [9.17, 15) is 4.79 Å². The average molecular weight is 363 g/mol.